The van der Waals surface area contributed by atoms with Gasteiger partial charge < -0.3 is 15.1 Å². The Morgan fingerprint density at radius 3 is 2.67 bits per heavy atom. The van der Waals surface area contributed by atoms with Crippen LogP contribution in [0.15, 0.2) is 0 Å². The number of hydrogen-bond donors (Lipinski definition) is 1. The molecule has 118 valence electrons. The third-order valence-electron chi connectivity index (χ3n) is 5.45. The minimum absolute atomic E-state index is 0.0518. The standard InChI is InChI=1S/C16H27N3O2/c1-2-18-10-5-6-13(12-18)19-11-7-14(20)17-16(15(19)21)8-3-4-9-16/h13H,2-12H2,1H3,(H,17,20). The predicted octanol–water partition coefficient (Wildman–Crippen LogP) is 1.13. The van der Waals surface area contributed by atoms with Gasteiger partial charge in [-0.2, -0.15) is 0 Å². The summed E-state index contributed by atoms with van der Waals surface area (Å²) >= 11 is 0. The van der Waals surface area contributed by atoms with Gasteiger partial charge in [-0.05, 0) is 38.8 Å². The van der Waals surface area contributed by atoms with E-state index in [0.29, 0.717) is 13.0 Å². The Kier molecular flexibility index (Phi) is 4.20. The van der Waals surface area contributed by atoms with Crippen LogP contribution in [0.1, 0.15) is 51.9 Å². The molecule has 3 aliphatic rings. The maximum Gasteiger partial charge on any atom is 0.248 e. The number of carbonyl (C=O) groups is 2. The summed E-state index contributed by atoms with van der Waals surface area (Å²) in [7, 11) is 0. The van der Waals surface area contributed by atoms with Crippen molar-refractivity contribution in [3.8, 4) is 0 Å². The van der Waals surface area contributed by atoms with Crippen LogP contribution in [-0.4, -0.2) is 59.4 Å². The lowest BCUT2D eigenvalue weighted by molar-refractivity contribution is -0.141. The molecule has 0 radical (unpaired) electrons. The van der Waals surface area contributed by atoms with E-state index in [9.17, 15) is 9.59 Å². The molecular formula is C16H27N3O2. The SMILES string of the molecule is CCN1CCCC(N2CCC(=O)NC3(CCCC3)C2=O)C1. The van der Waals surface area contributed by atoms with E-state index in [-0.39, 0.29) is 17.9 Å². The predicted molar refractivity (Wildman–Crippen MR) is 80.8 cm³/mol. The normalized spacial score (nSPS) is 30.5. The van der Waals surface area contributed by atoms with Crippen LogP contribution in [0.2, 0.25) is 0 Å². The van der Waals surface area contributed by atoms with Gasteiger partial charge >= 0.3 is 0 Å². The average molecular weight is 293 g/mol. The van der Waals surface area contributed by atoms with E-state index >= 15 is 0 Å². The molecule has 0 bridgehead atoms. The van der Waals surface area contributed by atoms with E-state index in [1.54, 1.807) is 0 Å². The second-order valence-corrected chi connectivity index (χ2v) is 6.78. The maximum atomic E-state index is 13.1. The van der Waals surface area contributed by atoms with E-state index < -0.39 is 5.54 Å². The van der Waals surface area contributed by atoms with Crippen LogP contribution < -0.4 is 5.32 Å². The number of piperidine rings is 1. The fraction of sp³-hybridized carbons (Fsp3) is 0.875. The summed E-state index contributed by atoms with van der Waals surface area (Å²) < 4.78 is 0. The van der Waals surface area contributed by atoms with Crippen LogP contribution in [0.25, 0.3) is 0 Å². The summed E-state index contributed by atoms with van der Waals surface area (Å²) in [4.78, 5) is 29.6. The van der Waals surface area contributed by atoms with Gasteiger partial charge in [-0.3, -0.25) is 9.59 Å². The Labute approximate surface area is 127 Å². The van der Waals surface area contributed by atoms with E-state index in [4.69, 9.17) is 0 Å². The molecule has 2 heterocycles. The first kappa shape index (κ1) is 14.8. The average Bonchev–Trinajstić information content (AvgIpc) is 2.92. The third kappa shape index (κ3) is 2.80. The number of carbonyl (C=O) groups excluding carboxylic acids is 2. The number of likely N-dealkylation sites (N-methyl/N-ethyl adjacent to an activating group) is 1. The fourth-order valence-electron chi connectivity index (χ4n) is 4.22. The van der Waals surface area contributed by atoms with Gasteiger partial charge in [0.05, 0.1) is 0 Å². The molecule has 2 aliphatic heterocycles. The topological polar surface area (TPSA) is 52.6 Å². The Hall–Kier alpha value is -1.10. The molecule has 0 aromatic carbocycles. The molecule has 1 unspecified atom stereocenters. The smallest absolute Gasteiger partial charge is 0.248 e. The fourth-order valence-corrected chi connectivity index (χ4v) is 4.22. The quantitative estimate of drug-likeness (QED) is 0.830. The molecule has 5 heteroatoms. The molecular weight excluding hydrogens is 266 g/mol. The summed E-state index contributed by atoms with van der Waals surface area (Å²) in [6.45, 7) is 5.91. The first-order valence-electron chi connectivity index (χ1n) is 8.49. The molecule has 0 aromatic rings. The van der Waals surface area contributed by atoms with Crippen LogP contribution in [0.3, 0.4) is 0 Å². The number of rotatable bonds is 2. The van der Waals surface area contributed by atoms with Crippen molar-refractivity contribution in [1.82, 2.24) is 15.1 Å². The highest BCUT2D eigenvalue weighted by molar-refractivity contribution is 5.94. The van der Waals surface area contributed by atoms with Crippen molar-refractivity contribution >= 4 is 11.8 Å². The van der Waals surface area contributed by atoms with Crippen molar-refractivity contribution in [2.24, 2.45) is 0 Å². The third-order valence-corrected chi connectivity index (χ3v) is 5.45. The molecule has 1 N–H and O–H groups in total. The lowest BCUT2D eigenvalue weighted by Gasteiger charge is -2.41. The van der Waals surface area contributed by atoms with Gasteiger partial charge in [-0.1, -0.05) is 19.8 Å². The summed E-state index contributed by atoms with van der Waals surface area (Å²) in [6, 6.07) is 0.288. The Morgan fingerprint density at radius 2 is 1.95 bits per heavy atom. The second kappa shape index (κ2) is 5.95. The van der Waals surface area contributed by atoms with Crippen LogP contribution in [0.5, 0.6) is 0 Å². The summed E-state index contributed by atoms with van der Waals surface area (Å²) in [5, 5.41) is 3.05. The molecule has 3 rings (SSSR count). The zero-order valence-corrected chi connectivity index (χ0v) is 13.1. The minimum Gasteiger partial charge on any atom is -0.342 e. The number of hydrogen-bond acceptors (Lipinski definition) is 3. The van der Waals surface area contributed by atoms with Gasteiger partial charge in [0.25, 0.3) is 0 Å². The van der Waals surface area contributed by atoms with Crippen LogP contribution in [0, 0.1) is 0 Å². The summed E-state index contributed by atoms with van der Waals surface area (Å²) in [5.41, 5.74) is -0.581. The summed E-state index contributed by atoms with van der Waals surface area (Å²) in [5.74, 6) is 0.240. The number of likely N-dealkylation sites (tertiary alicyclic amines) is 1. The number of nitrogens with one attached hydrogen (secondary N) is 1. The highest BCUT2D eigenvalue weighted by atomic mass is 16.2. The number of nitrogens with zero attached hydrogens (tertiary/aromatic N) is 2. The monoisotopic (exact) mass is 293 g/mol. The van der Waals surface area contributed by atoms with Crippen molar-refractivity contribution in [2.75, 3.05) is 26.2 Å². The largest absolute Gasteiger partial charge is 0.342 e. The molecule has 1 saturated carbocycles. The van der Waals surface area contributed by atoms with Crippen molar-refractivity contribution in [1.29, 1.82) is 0 Å². The van der Waals surface area contributed by atoms with E-state index in [2.05, 4.69) is 17.1 Å². The van der Waals surface area contributed by atoms with Crippen molar-refractivity contribution in [2.45, 2.75) is 63.5 Å². The molecule has 1 spiro atoms. The lowest BCUT2D eigenvalue weighted by Crippen LogP contribution is -2.59. The molecule has 1 aliphatic carbocycles. The first-order chi connectivity index (χ1) is 10.1. The first-order valence-corrected chi connectivity index (χ1v) is 8.49. The second-order valence-electron chi connectivity index (χ2n) is 6.78. The molecule has 0 aromatic heterocycles. The highest BCUT2D eigenvalue weighted by Crippen LogP contribution is 2.34. The zero-order chi connectivity index (χ0) is 14.9. The Balaban J connectivity index is 1.80. The van der Waals surface area contributed by atoms with Gasteiger partial charge in [0.1, 0.15) is 5.54 Å². The van der Waals surface area contributed by atoms with Crippen LogP contribution in [-0.2, 0) is 9.59 Å². The van der Waals surface area contributed by atoms with Crippen molar-refractivity contribution in [3.05, 3.63) is 0 Å². The number of amides is 2. The van der Waals surface area contributed by atoms with Gasteiger partial charge in [-0.15, -0.1) is 0 Å². The van der Waals surface area contributed by atoms with Crippen molar-refractivity contribution < 1.29 is 9.59 Å². The minimum atomic E-state index is -0.581. The molecule has 2 saturated heterocycles. The van der Waals surface area contributed by atoms with Crippen LogP contribution >= 0.6 is 0 Å². The summed E-state index contributed by atoms with van der Waals surface area (Å²) in [6.07, 6.45) is 6.41. The maximum absolute atomic E-state index is 13.1. The van der Waals surface area contributed by atoms with Crippen molar-refractivity contribution in [3.63, 3.8) is 0 Å². The molecule has 3 fully saturated rings. The van der Waals surface area contributed by atoms with Gasteiger partial charge in [0.2, 0.25) is 11.8 Å². The molecule has 21 heavy (non-hydrogen) atoms. The van der Waals surface area contributed by atoms with Gasteiger partial charge in [0.15, 0.2) is 0 Å². The van der Waals surface area contributed by atoms with E-state index in [1.807, 2.05) is 4.90 Å². The highest BCUT2D eigenvalue weighted by Gasteiger charge is 2.48. The lowest BCUT2D eigenvalue weighted by atomic mass is 9.94. The molecule has 2 amide bonds. The van der Waals surface area contributed by atoms with Gasteiger partial charge in [-0.25, -0.2) is 0 Å². The Bertz CT molecular complexity index is 418. The van der Waals surface area contributed by atoms with E-state index in [1.165, 1.54) is 0 Å². The van der Waals surface area contributed by atoms with E-state index in [0.717, 1.165) is 58.2 Å². The van der Waals surface area contributed by atoms with Gasteiger partial charge in [0, 0.05) is 25.6 Å². The van der Waals surface area contributed by atoms with Crippen LogP contribution in [0.4, 0.5) is 0 Å². The Morgan fingerprint density at radius 1 is 1.19 bits per heavy atom. The molecule has 1 atom stereocenters. The molecule has 5 nitrogen and oxygen atoms in total. The zero-order valence-electron chi connectivity index (χ0n) is 13.1.